The van der Waals surface area contributed by atoms with Crippen LogP contribution in [0.1, 0.15) is 5.56 Å². The number of halogens is 3. The molecule has 22 heavy (non-hydrogen) atoms. The predicted octanol–water partition coefficient (Wildman–Crippen LogP) is 3.60. The summed E-state index contributed by atoms with van der Waals surface area (Å²) in [6, 6.07) is 11.1. The second-order valence-electron chi connectivity index (χ2n) is 5.06. The average Bonchev–Trinajstić information content (AvgIpc) is 2.55. The van der Waals surface area contributed by atoms with Crippen LogP contribution in [-0.4, -0.2) is 31.3 Å². The van der Waals surface area contributed by atoms with Crippen LogP contribution in [0, 0.1) is 0 Å². The van der Waals surface area contributed by atoms with E-state index in [4.69, 9.17) is 4.74 Å². The fourth-order valence-corrected chi connectivity index (χ4v) is 2.39. The van der Waals surface area contributed by atoms with E-state index in [0.717, 1.165) is 12.1 Å². The molecule has 2 heterocycles. The van der Waals surface area contributed by atoms with Crippen molar-refractivity contribution in [3.05, 3.63) is 48.0 Å². The standard InChI is InChI=1S/C16H15F3N2O/c17-16(18,19)13-10-14(12-4-2-1-3-5-12)20-15(11-13)21-6-8-22-9-7-21/h1-5,10-11H,6-9H2. The van der Waals surface area contributed by atoms with Gasteiger partial charge >= 0.3 is 6.18 Å². The quantitative estimate of drug-likeness (QED) is 0.847. The van der Waals surface area contributed by atoms with Crippen LogP contribution in [0.4, 0.5) is 19.0 Å². The molecule has 0 saturated carbocycles. The Bertz CT molecular complexity index is 638. The summed E-state index contributed by atoms with van der Waals surface area (Å²) < 4.78 is 44.7. The molecule has 3 nitrogen and oxygen atoms in total. The van der Waals surface area contributed by atoms with E-state index in [-0.39, 0.29) is 0 Å². The third kappa shape index (κ3) is 3.22. The number of alkyl halides is 3. The normalized spacial score (nSPS) is 15.9. The van der Waals surface area contributed by atoms with Gasteiger partial charge in [-0.1, -0.05) is 30.3 Å². The zero-order chi connectivity index (χ0) is 15.6. The van der Waals surface area contributed by atoms with Crippen LogP contribution in [0.5, 0.6) is 0 Å². The highest BCUT2D eigenvalue weighted by molar-refractivity contribution is 5.63. The van der Waals surface area contributed by atoms with Crippen LogP contribution in [0.2, 0.25) is 0 Å². The van der Waals surface area contributed by atoms with Gasteiger partial charge in [0.1, 0.15) is 5.82 Å². The molecule has 0 aliphatic carbocycles. The second kappa shape index (κ2) is 5.96. The fraction of sp³-hybridized carbons (Fsp3) is 0.312. The van der Waals surface area contributed by atoms with Crippen molar-refractivity contribution in [2.45, 2.75) is 6.18 Å². The monoisotopic (exact) mass is 308 g/mol. The summed E-state index contributed by atoms with van der Waals surface area (Å²) in [5.74, 6) is 0.344. The van der Waals surface area contributed by atoms with E-state index in [1.165, 1.54) is 0 Å². The average molecular weight is 308 g/mol. The van der Waals surface area contributed by atoms with Gasteiger partial charge in [-0.3, -0.25) is 0 Å². The summed E-state index contributed by atoms with van der Waals surface area (Å²) in [7, 11) is 0. The molecule has 1 aromatic heterocycles. The van der Waals surface area contributed by atoms with Crippen LogP contribution in [0.25, 0.3) is 11.3 Å². The van der Waals surface area contributed by atoms with Gasteiger partial charge in [0, 0.05) is 18.7 Å². The smallest absolute Gasteiger partial charge is 0.378 e. The first-order chi connectivity index (χ1) is 10.5. The highest BCUT2D eigenvalue weighted by Gasteiger charge is 2.32. The Hall–Kier alpha value is -2.08. The Balaban J connectivity index is 2.06. The molecule has 0 radical (unpaired) electrons. The van der Waals surface area contributed by atoms with Crippen LogP contribution in [0.3, 0.4) is 0 Å². The number of pyridine rings is 1. The van der Waals surface area contributed by atoms with E-state index in [9.17, 15) is 13.2 Å². The number of rotatable bonds is 2. The van der Waals surface area contributed by atoms with Crippen molar-refractivity contribution in [1.29, 1.82) is 0 Å². The Kier molecular flexibility index (Phi) is 4.02. The number of benzene rings is 1. The Morgan fingerprint density at radius 1 is 1.00 bits per heavy atom. The molecule has 0 atom stereocenters. The number of hydrogen-bond acceptors (Lipinski definition) is 3. The highest BCUT2D eigenvalue weighted by atomic mass is 19.4. The number of ether oxygens (including phenoxy) is 1. The predicted molar refractivity (Wildman–Crippen MR) is 77.7 cm³/mol. The van der Waals surface area contributed by atoms with Crippen molar-refractivity contribution >= 4 is 5.82 Å². The van der Waals surface area contributed by atoms with Crippen molar-refractivity contribution in [1.82, 2.24) is 4.98 Å². The van der Waals surface area contributed by atoms with Crippen LogP contribution < -0.4 is 4.90 Å². The van der Waals surface area contributed by atoms with Crippen LogP contribution >= 0.6 is 0 Å². The van der Waals surface area contributed by atoms with Crippen molar-refractivity contribution in [2.75, 3.05) is 31.2 Å². The maximum Gasteiger partial charge on any atom is 0.416 e. The first-order valence-electron chi connectivity index (χ1n) is 7.01. The van der Waals surface area contributed by atoms with E-state index in [2.05, 4.69) is 4.98 Å². The number of morpholine rings is 1. The van der Waals surface area contributed by atoms with Gasteiger partial charge in [0.25, 0.3) is 0 Å². The SMILES string of the molecule is FC(F)(F)c1cc(-c2ccccc2)nc(N2CCOCC2)c1. The summed E-state index contributed by atoms with van der Waals surface area (Å²) in [6.45, 7) is 2.09. The summed E-state index contributed by atoms with van der Waals surface area (Å²) in [5, 5.41) is 0. The third-order valence-electron chi connectivity index (χ3n) is 3.54. The highest BCUT2D eigenvalue weighted by Crippen LogP contribution is 2.34. The van der Waals surface area contributed by atoms with Gasteiger partial charge in [-0.05, 0) is 12.1 Å². The molecular formula is C16H15F3N2O. The summed E-state index contributed by atoms with van der Waals surface area (Å²) >= 11 is 0. The van der Waals surface area contributed by atoms with Gasteiger partial charge in [0.15, 0.2) is 0 Å². The molecule has 0 N–H and O–H groups in total. The summed E-state index contributed by atoms with van der Waals surface area (Å²) in [4.78, 5) is 6.24. The lowest BCUT2D eigenvalue weighted by atomic mass is 10.1. The summed E-state index contributed by atoms with van der Waals surface area (Å²) in [5.41, 5.74) is 0.322. The van der Waals surface area contributed by atoms with Crippen LogP contribution in [0.15, 0.2) is 42.5 Å². The van der Waals surface area contributed by atoms with Gasteiger partial charge in [-0.15, -0.1) is 0 Å². The third-order valence-corrected chi connectivity index (χ3v) is 3.54. The molecule has 0 spiro atoms. The van der Waals surface area contributed by atoms with E-state index in [1.54, 1.807) is 24.3 Å². The Morgan fingerprint density at radius 2 is 1.68 bits per heavy atom. The molecule has 1 fully saturated rings. The molecule has 0 unspecified atom stereocenters. The molecule has 1 aromatic carbocycles. The van der Waals surface area contributed by atoms with E-state index >= 15 is 0 Å². The summed E-state index contributed by atoms with van der Waals surface area (Å²) in [6.07, 6.45) is -4.40. The van der Waals surface area contributed by atoms with Gasteiger partial charge in [-0.2, -0.15) is 13.2 Å². The van der Waals surface area contributed by atoms with Gasteiger partial charge in [-0.25, -0.2) is 4.98 Å². The van der Waals surface area contributed by atoms with E-state index in [1.807, 2.05) is 11.0 Å². The first-order valence-corrected chi connectivity index (χ1v) is 7.01. The van der Waals surface area contributed by atoms with Crippen molar-refractivity contribution in [2.24, 2.45) is 0 Å². The molecule has 116 valence electrons. The maximum absolute atomic E-state index is 13.2. The molecular weight excluding hydrogens is 293 g/mol. The number of anilines is 1. The Labute approximate surface area is 126 Å². The minimum Gasteiger partial charge on any atom is -0.378 e. The molecule has 3 rings (SSSR count). The lowest BCUT2D eigenvalue weighted by molar-refractivity contribution is -0.137. The lowest BCUT2D eigenvalue weighted by Gasteiger charge is -2.28. The molecule has 1 saturated heterocycles. The van der Waals surface area contributed by atoms with Gasteiger partial charge < -0.3 is 9.64 Å². The Morgan fingerprint density at radius 3 is 2.32 bits per heavy atom. The molecule has 6 heteroatoms. The largest absolute Gasteiger partial charge is 0.416 e. The first kappa shape index (κ1) is 14.8. The maximum atomic E-state index is 13.2. The van der Waals surface area contributed by atoms with Crippen LogP contribution in [-0.2, 0) is 10.9 Å². The van der Waals surface area contributed by atoms with Gasteiger partial charge in [0.05, 0.1) is 24.5 Å². The molecule has 1 aliphatic rings. The minimum atomic E-state index is -4.40. The zero-order valence-electron chi connectivity index (χ0n) is 11.8. The van der Waals surface area contributed by atoms with E-state index in [0.29, 0.717) is 43.4 Å². The molecule has 2 aromatic rings. The number of nitrogens with zero attached hydrogens (tertiary/aromatic N) is 2. The van der Waals surface area contributed by atoms with Gasteiger partial charge in [0.2, 0.25) is 0 Å². The minimum absolute atomic E-state index is 0.330. The number of aromatic nitrogens is 1. The van der Waals surface area contributed by atoms with Crippen molar-refractivity contribution in [3.8, 4) is 11.3 Å². The van der Waals surface area contributed by atoms with Crippen molar-refractivity contribution < 1.29 is 17.9 Å². The second-order valence-corrected chi connectivity index (χ2v) is 5.06. The van der Waals surface area contributed by atoms with Crippen molar-refractivity contribution in [3.63, 3.8) is 0 Å². The lowest BCUT2D eigenvalue weighted by Crippen LogP contribution is -2.37. The number of hydrogen-bond donors (Lipinski definition) is 0. The van der Waals surface area contributed by atoms with E-state index < -0.39 is 11.7 Å². The topological polar surface area (TPSA) is 25.4 Å². The molecule has 1 aliphatic heterocycles. The fourth-order valence-electron chi connectivity index (χ4n) is 2.39. The molecule has 0 bridgehead atoms. The molecule has 0 amide bonds. The zero-order valence-corrected chi connectivity index (χ0v) is 11.8.